The Balaban J connectivity index is 1.09. The molecular weight excluding hydrogens is 807 g/mol. The summed E-state index contributed by atoms with van der Waals surface area (Å²) in [6.45, 7) is 4.63. The largest absolute Gasteiger partial charge is 0.454 e. The summed E-state index contributed by atoms with van der Waals surface area (Å²) in [6, 6.07) is 71.0. The average Bonchev–Trinajstić information content (AvgIpc) is 4.09. The van der Waals surface area contributed by atoms with Crippen molar-refractivity contribution in [2.45, 2.75) is 19.3 Å². The minimum atomic E-state index is -0.275. The van der Waals surface area contributed by atoms with E-state index in [2.05, 4.69) is 205 Å². The second-order valence-corrected chi connectivity index (χ2v) is 17.9. The van der Waals surface area contributed by atoms with Gasteiger partial charge in [-0.25, -0.2) is 4.98 Å². The van der Waals surface area contributed by atoms with E-state index in [9.17, 15) is 0 Å². The Morgan fingerprint density at radius 1 is 0.409 bits per heavy atom. The van der Waals surface area contributed by atoms with E-state index < -0.39 is 0 Å². The molecule has 4 heterocycles. The molecule has 0 saturated heterocycles. The highest BCUT2D eigenvalue weighted by Crippen LogP contribution is 2.52. The summed E-state index contributed by atoms with van der Waals surface area (Å²) in [5.74, 6) is 1.80. The van der Waals surface area contributed by atoms with Gasteiger partial charge in [-0.3, -0.25) is 4.57 Å². The highest BCUT2D eigenvalue weighted by molar-refractivity contribution is 6.24. The van der Waals surface area contributed by atoms with Crippen LogP contribution in [0.3, 0.4) is 0 Å². The van der Waals surface area contributed by atoms with E-state index in [0.717, 1.165) is 87.9 Å². The zero-order valence-corrected chi connectivity index (χ0v) is 36.2. The molecular formula is C60H39N5O. The molecule has 1 aliphatic carbocycles. The van der Waals surface area contributed by atoms with Crippen LogP contribution in [0.2, 0.25) is 0 Å². The van der Waals surface area contributed by atoms with E-state index >= 15 is 0 Å². The molecule has 0 radical (unpaired) electrons. The Morgan fingerprint density at radius 2 is 1.00 bits per heavy atom. The van der Waals surface area contributed by atoms with Crippen molar-refractivity contribution in [1.82, 2.24) is 24.1 Å². The minimum Gasteiger partial charge on any atom is -0.454 e. The second kappa shape index (κ2) is 13.7. The molecule has 310 valence electrons. The van der Waals surface area contributed by atoms with Crippen LogP contribution in [0.5, 0.6) is 0 Å². The fourth-order valence-electron chi connectivity index (χ4n) is 11.1. The lowest BCUT2D eigenvalue weighted by Gasteiger charge is -2.24. The van der Waals surface area contributed by atoms with Crippen molar-refractivity contribution in [3.63, 3.8) is 0 Å². The fourth-order valence-corrected chi connectivity index (χ4v) is 11.1. The van der Waals surface area contributed by atoms with Crippen LogP contribution in [0.15, 0.2) is 205 Å². The van der Waals surface area contributed by atoms with Crippen LogP contribution >= 0.6 is 0 Å². The van der Waals surface area contributed by atoms with Gasteiger partial charge in [0.1, 0.15) is 5.58 Å². The summed E-state index contributed by atoms with van der Waals surface area (Å²) in [6.07, 6.45) is 0. The van der Waals surface area contributed by atoms with Gasteiger partial charge in [0.15, 0.2) is 17.2 Å². The number of benzene rings is 9. The first-order valence-corrected chi connectivity index (χ1v) is 22.5. The molecule has 6 nitrogen and oxygen atoms in total. The molecule has 0 aliphatic heterocycles. The number of aromatic nitrogens is 5. The predicted octanol–water partition coefficient (Wildman–Crippen LogP) is 15.3. The second-order valence-electron chi connectivity index (χ2n) is 17.9. The summed E-state index contributed by atoms with van der Waals surface area (Å²) in [7, 11) is 0. The van der Waals surface area contributed by atoms with Gasteiger partial charge in [0.2, 0.25) is 5.95 Å². The van der Waals surface area contributed by atoms with Gasteiger partial charge in [-0.05, 0) is 63.7 Å². The molecule has 14 rings (SSSR count). The van der Waals surface area contributed by atoms with Crippen LogP contribution in [0, 0.1) is 0 Å². The Kier molecular flexibility index (Phi) is 7.64. The third kappa shape index (κ3) is 5.15. The third-order valence-electron chi connectivity index (χ3n) is 14.0. The Hall–Kier alpha value is -8.61. The maximum Gasteiger partial charge on any atom is 0.238 e. The van der Waals surface area contributed by atoms with Gasteiger partial charge in [0, 0.05) is 48.9 Å². The smallest absolute Gasteiger partial charge is 0.238 e. The van der Waals surface area contributed by atoms with Crippen molar-refractivity contribution in [3.8, 4) is 56.7 Å². The molecule has 0 atom stereocenters. The lowest BCUT2D eigenvalue weighted by Crippen LogP contribution is -2.17. The highest BCUT2D eigenvalue weighted by atomic mass is 16.3. The summed E-state index contributed by atoms with van der Waals surface area (Å²) in [5.41, 5.74) is 15.8. The van der Waals surface area contributed by atoms with Crippen molar-refractivity contribution in [2.75, 3.05) is 0 Å². The fraction of sp³-hybridized carbons (Fsp3) is 0.0500. The summed E-state index contributed by atoms with van der Waals surface area (Å²) in [5, 5.41) is 6.63. The van der Waals surface area contributed by atoms with Crippen LogP contribution in [-0.4, -0.2) is 24.1 Å². The monoisotopic (exact) mass is 845 g/mol. The number of furan rings is 1. The topological polar surface area (TPSA) is 61.7 Å². The van der Waals surface area contributed by atoms with Crippen LogP contribution in [0.25, 0.3) is 122 Å². The van der Waals surface area contributed by atoms with Gasteiger partial charge in [0.05, 0.1) is 27.8 Å². The third-order valence-corrected chi connectivity index (χ3v) is 14.0. The number of fused-ring (bicyclic) bond motifs is 13. The molecule has 6 heteroatoms. The predicted molar refractivity (Wildman–Crippen MR) is 270 cm³/mol. The molecule has 9 aromatic carbocycles. The number of rotatable bonds is 5. The first-order chi connectivity index (χ1) is 32.5. The molecule has 0 amide bonds. The standard InChI is InChI=1S/C60H39N5O/c1-60(2)48-27-12-9-21-39(48)42-24-15-26-46(53(42)60)58-61-57(37-19-7-4-8-20-37)62-59(63-58)65-50-29-14-11-23-41(50)44-33-32-43-40-22-10-13-28-49(40)64(54(43)55(44)65)51-30-16-25-45-47-35-38(36-17-5-3-6-18-36)31-34-52(47)66-56(45)51/h3-35H,1-2H3. The number of para-hydroxylation sites is 3. The maximum absolute atomic E-state index is 6.93. The molecule has 66 heavy (non-hydrogen) atoms. The first kappa shape index (κ1) is 36.8. The summed E-state index contributed by atoms with van der Waals surface area (Å²) in [4.78, 5) is 16.3. The molecule has 0 unspecified atom stereocenters. The Morgan fingerprint density at radius 3 is 1.77 bits per heavy atom. The van der Waals surface area contributed by atoms with Gasteiger partial charge < -0.3 is 8.98 Å². The highest BCUT2D eigenvalue weighted by Gasteiger charge is 2.38. The van der Waals surface area contributed by atoms with E-state index in [1.54, 1.807) is 0 Å². The molecule has 0 N–H and O–H groups in total. The molecule has 0 spiro atoms. The van der Waals surface area contributed by atoms with Crippen molar-refractivity contribution in [3.05, 3.63) is 211 Å². The van der Waals surface area contributed by atoms with Crippen LogP contribution in [0.4, 0.5) is 0 Å². The van der Waals surface area contributed by atoms with E-state index in [1.807, 2.05) is 18.2 Å². The lowest BCUT2D eigenvalue weighted by atomic mass is 9.80. The van der Waals surface area contributed by atoms with E-state index in [1.165, 1.54) is 27.8 Å². The zero-order valence-electron chi connectivity index (χ0n) is 36.2. The molecule has 4 aromatic heterocycles. The van der Waals surface area contributed by atoms with Gasteiger partial charge in [-0.1, -0.05) is 184 Å². The van der Waals surface area contributed by atoms with Gasteiger partial charge in [0.25, 0.3) is 0 Å². The van der Waals surface area contributed by atoms with Crippen LogP contribution < -0.4 is 0 Å². The Labute approximate surface area is 379 Å². The maximum atomic E-state index is 6.93. The average molecular weight is 846 g/mol. The van der Waals surface area contributed by atoms with Crippen LogP contribution in [0.1, 0.15) is 25.0 Å². The quantitative estimate of drug-likeness (QED) is 0.173. The number of nitrogens with zero attached hydrogens (tertiary/aromatic N) is 5. The zero-order chi connectivity index (χ0) is 43.7. The molecule has 0 bridgehead atoms. The van der Waals surface area contributed by atoms with E-state index in [4.69, 9.17) is 19.4 Å². The minimum absolute atomic E-state index is 0.275. The van der Waals surface area contributed by atoms with Crippen molar-refractivity contribution in [1.29, 1.82) is 0 Å². The van der Waals surface area contributed by atoms with Crippen molar-refractivity contribution in [2.24, 2.45) is 0 Å². The van der Waals surface area contributed by atoms with E-state index in [0.29, 0.717) is 17.6 Å². The van der Waals surface area contributed by atoms with Crippen molar-refractivity contribution >= 4 is 65.6 Å². The first-order valence-electron chi connectivity index (χ1n) is 22.5. The SMILES string of the molecule is CC1(C)c2ccccc2-c2cccc(-c3nc(-c4ccccc4)nc(-n4c5ccccc5c5ccc6c7ccccc7n(-c7cccc8c7oc7ccc(-c9ccccc9)cc78)c6c54)n3)c21. The van der Waals surface area contributed by atoms with Gasteiger partial charge in [-0.15, -0.1) is 0 Å². The summed E-state index contributed by atoms with van der Waals surface area (Å²) < 4.78 is 11.6. The van der Waals surface area contributed by atoms with Crippen molar-refractivity contribution < 1.29 is 4.42 Å². The lowest BCUT2D eigenvalue weighted by molar-refractivity contribution is 0.661. The molecule has 0 fully saturated rings. The molecule has 0 saturated carbocycles. The Bertz CT molecular complexity index is 4140. The normalized spacial score (nSPS) is 13.1. The van der Waals surface area contributed by atoms with Gasteiger partial charge in [-0.2, -0.15) is 9.97 Å². The van der Waals surface area contributed by atoms with Crippen LogP contribution in [-0.2, 0) is 5.41 Å². The van der Waals surface area contributed by atoms with E-state index in [-0.39, 0.29) is 5.41 Å². The number of hydrogen-bond donors (Lipinski definition) is 0. The number of hydrogen-bond acceptors (Lipinski definition) is 4. The summed E-state index contributed by atoms with van der Waals surface area (Å²) >= 11 is 0. The molecule has 13 aromatic rings. The van der Waals surface area contributed by atoms with Gasteiger partial charge >= 0.3 is 0 Å². The molecule has 1 aliphatic rings.